The number of aliphatic hydroxyl groups excluding tert-OH is 2. The highest BCUT2D eigenvalue weighted by Crippen LogP contribution is 2.50. The third-order valence-electron chi connectivity index (χ3n) is 12.8. The Morgan fingerprint density at radius 1 is 0.848 bits per heavy atom. The third kappa shape index (κ3) is 9.64. The molecule has 7 rings (SSSR count). The number of allylic oxidation sites excluding steroid dienone is 4. The Kier molecular flexibility index (Phi) is 14.9. The number of nitrogens with one attached hydrogen (secondary N) is 1. The number of morpholine rings is 1. The zero-order chi connectivity index (χ0) is 48.5. The molecule has 3 N–H and O–H groups in total. The van der Waals surface area contributed by atoms with Gasteiger partial charge in [-0.25, -0.2) is 4.79 Å². The second-order valence-corrected chi connectivity index (χ2v) is 17.9. The summed E-state index contributed by atoms with van der Waals surface area (Å²) in [6.45, 7) is 16.3. The van der Waals surface area contributed by atoms with Gasteiger partial charge in [0.2, 0.25) is 11.6 Å². The minimum atomic E-state index is -2.16. The van der Waals surface area contributed by atoms with Crippen LogP contribution in [0.25, 0.3) is 0 Å². The number of carbonyl (C=O) groups is 6. The van der Waals surface area contributed by atoms with E-state index in [0.29, 0.717) is 0 Å². The number of Topliss-reactive ketones (excluding diaryl/α,β-unsaturated/α-hetero) is 3. The SMILES string of the molecule is COC1C=COC2(C)Oc3c(C)c(OC(=O)c4ccccc4)c4c(c3C2=O)C(=O)C(N2CC(C)OC(C)C2)=C(NC(=O)C(C)=CC=CC(C)C(O)C(C)C(O)C(C)C(OC(C)=O)C1C)C4=O. The van der Waals surface area contributed by atoms with Crippen molar-refractivity contribution in [3.63, 3.8) is 0 Å². The Labute approximate surface area is 384 Å². The van der Waals surface area contributed by atoms with Crippen molar-refractivity contribution in [1.82, 2.24) is 10.2 Å². The summed E-state index contributed by atoms with van der Waals surface area (Å²) in [6.07, 6.45) is 2.47. The highest BCUT2D eigenvalue weighted by molar-refractivity contribution is 6.32. The van der Waals surface area contributed by atoms with E-state index in [1.54, 1.807) is 76.8 Å². The number of amides is 1. The topological polar surface area (TPSA) is 214 Å². The predicted molar refractivity (Wildman–Crippen MR) is 239 cm³/mol. The summed E-state index contributed by atoms with van der Waals surface area (Å²) >= 11 is 0. The molecular weight excluding hydrogens is 853 g/mol. The van der Waals surface area contributed by atoms with Crippen LogP contribution in [0.4, 0.5) is 0 Å². The number of hydrogen-bond acceptors (Lipinski definition) is 15. The fourth-order valence-corrected chi connectivity index (χ4v) is 9.18. The minimum Gasteiger partial charge on any atom is -0.462 e. The smallest absolute Gasteiger partial charge is 0.343 e. The van der Waals surface area contributed by atoms with Crippen LogP contribution < -0.4 is 14.8 Å². The number of aliphatic hydroxyl groups is 2. The molecule has 16 nitrogen and oxygen atoms in total. The first-order valence-electron chi connectivity index (χ1n) is 22.1. The average molecular weight is 913 g/mol. The molecule has 16 heteroatoms. The van der Waals surface area contributed by atoms with E-state index in [-0.39, 0.29) is 52.5 Å². The van der Waals surface area contributed by atoms with Crippen LogP contribution in [-0.4, -0.2) is 113 Å². The first-order chi connectivity index (χ1) is 31.1. The van der Waals surface area contributed by atoms with Gasteiger partial charge in [-0.15, -0.1) is 0 Å². The highest BCUT2D eigenvalue weighted by atomic mass is 16.7. The van der Waals surface area contributed by atoms with Crippen LogP contribution in [0.1, 0.15) is 109 Å². The van der Waals surface area contributed by atoms with Crippen LogP contribution in [0.5, 0.6) is 11.5 Å². The maximum Gasteiger partial charge on any atom is 0.343 e. The van der Waals surface area contributed by atoms with Crippen LogP contribution in [0.3, 0.4) is 0 Å². The van der Waals surface area contributed by atoms with Crippen LogP contribution >= 0.6 is 0 Å². The standard InChI is InChI=1S/C50H60N2O14/c1-24-16-15-17-25(2)48(59)51-38-39(52-22-26(3)63-27(4)23-52)43(57)35-36(42(38)56)45(65-49(60)33-18-13-12-14-19-33)31(8)46-37(35)47(58)50(10,66-46)62-21-20-34(61-11)28(5)44(64-32(9)53)30(7)41(55)29(6)40(24)54/h12-21,24,26-30,34,40-41,44,54-55H,22-23H2,1-11H3,(H,51,59). The van der Waals surface area contributed by atoms with E-state index in [1.807, 2.05) is 0 Å². The Morgan fingerprint density at radius 3 is 2.12 bits per heavy atom. The molecule has 4 aliphatic heterocycles. The summed E-state index contributed by atoms with van der Waals surface area (Å²) in [5.41, 5.74) is -1.46. The zero-order valence-electron chi connectivity index (χ0n) is 39.2. The zero-order valence-corrected chi connectivity index (χ0v) is 39.2. The molecule has 0 saturated carbocycles. The van der Waals surface area contributed by atoms with E-state index in [0.717, 1.165) is 0 Å². The lowest BCUT2D eigenvalue weighted by Crippen LogP contribution is -2.49. The van der Waals surface area contributed by atoms with Crippen molar-refractivity contribution in [1.29, 1.82) is 0 Å². The lowest BCUT2D eigenvalue weighted by atomic mass is 9.78. The molecule has 5 aliphatic rings. The quantitative estimate of drug-likeness (QED) is 0.247. The highest BCUT2D eigenvalue weighted by Gasteiger charge is 2.54. The van der Waals surface area contributed by atoms with Crippen LogP contribution in [-0.2, 0) is 28.5 Å². The number of rotatable bonds is 5. The van der Waals surface area contributed by atoms with Crippen molar-refractivity contribution in [2.45, 2.75) is 112 Å². The first kappa shape index (κ1) is 49.5. The molecule has 2 aromatic carbocycles. The molecule has 1 aliphatic carbocycles. The number of carbonyl (C=O) groups excluding carboxylic acids is 6. The van der Waals surface area contributed by atoms with Gasteiger partial charge in [0.25, 0.3) is 11.7 Å². The number of ether oxygens (including phenoxy) is 6. The molecule has 5 bridgehead atoms. The van der Waals surface area contributed by atoms with Crippen molar-refractivity contribution in [3.8, 4) is 11.5 Å². The second kappa shape index (κ2) is 19.9. The Hall–Kier alpha value is -5.94. The summed E-state index contributed by atoms with van der Waals surface area (Å²) in [5.74, 6) is -10.1. The molecule has 1 fully saturated rings. The molecule has 11 atom stereocenters. The number of fused-ring (bicyclic) bond motifs is 14. The molecule has 4 heterocycles. The number of methoxy groups -OCH3 is 1. The van der Waals surface area contributed by atoms with Crippen molar-refractivity contribution in [3.05, 3.63) is 106 Å². The van der Waals surface area contributed by atoms with Gasteiger partial charge in [-0.05, 0) is 45.9 Å². The van der Waals surface area contributed by atoms with Gasteiger partial charge < -0.3 is 48.9 Å². The summed E-state index contributed by atoms with van der Waals surface area (Å²) < 4.78 is 35.9. The summed E-state index contributed by atoms with van der Waals surface area (Å²) in [7, 11) is 1.42. The number of ketones is 3. The van der Waals surface area contributed by atoms with Gasteiger partial charge in [-0.1, -0.05) is 64.1 Å². The van der Waals surface area contributed by atoms with Gasteiger partial charge in [0, 0.05) is 68.9 Å². The molecular formula is C50H60N2O14. The second-order valence-electron chi connectivity index (χ2n) is 17.9. The minimum absolute atomic E-state index is 0.0269. The van der Waals surface area contributed by atoms with Crippen LogP contribution in [0, 0.1) is 30.6 Å². The molecule has 0 radical (unpaired) electrons. The van der Waals surface area contributed by atoms with E-state index in [1.165, 1.54) is 65.4 Å². The molecule has 0 spiro atoms. The Balaban J connectivity index is 1.57. The van der Waals surface area contributed by atoms with E-state index < -0.39 is 118 Å². The predicted octanol–water partition coefficient (Wildman–Crippen LogP) is 5.58. The molecule has 354 valence electrons. The number of esters is 2. The number of nitrogens with zero attached hydrogens (tertiary/aromatic N) is 1. The summed E-state index contributed by atoms with van der Waals surface area (Å²) in [6, 6.07) is 7.97. The fourth-order valence-electron chi connectivity index (χ4n) is 9.18. The molecule has 11 unspecified atom stereocenters. The summed E-state index contributed by atoms with van der Waals surface area (Å²) in [5, 5.41) is 25.7. The van der Waals surface area contributed by atoms with E-state index in [2.05, 4.69) is 5.32 Å². The largest absolute Gasteiger partial charge is 0.462 e. The van der Waals surface area contributed by atoms with Crippen LogP contribution in [0.2, 0.25) is 0 Å². The fraction of sp³-hybridized carbons (Fsp3) is 0.480. The van der Waals surface area contributed by atoms with Gasteiger partial charge >= 0.3 is 17.7 Å². The van der Waals surface area contributed by atoms with E-state index in [9.17, 15) is 29.4 Å². The maximum absolute atomic E-state index is 15.4. The molecule has 66 heavy (non-hydrogen) atoms. The number of benzene rings is 2. The monoisotopic (exact) mass is 912 g/mol. The Bertz CT molecular complexity index is 2390. The third-order valence-corrected chi connectivity index (χ3v) is 12.8. The van der Waals surface area contributed by atoms with Crippen molar-refractivity contribution >= 4 is 35.2 Å². The Morgan fingerprint density at radius 2 is 1.50 bits per heavy atom. The molecule has 0 aromatic heterocycles. The average Bonchev–Trinajstić information content (AvgIpc) is 3.54. The van der Waals surface area contributed by atoms with E-state index in [4.69, 9.17) is 28.4 Å². The van der Waals surface area contributed by atoms with Crippen molar-refractivity contribution in [2.75, 3.05) is 20.2 Å². The van der Waals surface area contributed by atoms with Crippen molar-refractivity contribution in [2.24, 2.45) is 23.7 Å². The van der Waals surface area contributed by atoms with Crippen LogP contribution in [0.15, 0.2) is 77.9 Å². The van der Waals surface area contributed by atoms with E-state index >= 15 is 9.59 Å². The van der Waals surface area contributed by atoms with Gasteiger partial charge in [0.05, 0.1) is 59.0 Å². The summed E-state index contributed by atoms with van der Waals surface area (Å²) in [4.78, 5) is 87.5. The van der Waals surface area contributed by atoms with Gasteiger partial charge in [0.1, 0.15) is 29.0 Å². The van der Waals surface area contributed by atoms with Crippen molar-refractivity contribution < 1.29 is 67.4 Å². The van der Waals surface area contributed by atoms with Gasteiger partial charge in [0.15, 0.2) is 0 Å². The molecule has 1 amide bonds. The lowest BCUT2D eigenvalue weighted by molar-refractivity contribution is -0.160. The maximum atomic E-state index is 15.4. The van der Waals surface area contributed by atoms with Gasteiger partial charge in [-0.2, -0.15) is 0 Å². The molecule has 2 aromatic rings. The molecule has 1 saturated heterocycles. The number of hydrogen-bond donors (Lipinski definition) is 3. The van der Waals surface area contributed by atoms with Gasteiger partial charge in [-0.3, -0.25) is 24.0 Å². The normalized spacial score (nSPS) is 30.9. The lowest BCUT2D eigenvalue weighted by Gasteiger charge is -2.39. The first-order valence-corrected chi connectivity index (χ1v) is 22.1.